The van der Waals surface area contributed by atoms with Gasteiger partial charge < -0.3 is 5.73 Å². The highest BCUT2D eigenvalue weighted by molar-refractivity contribution is 6.32. The fourth-order valence-electron chi connectivity index (χ4n) is 0.896. The average Bonchev–Trinajstić information content (AvgIpc) is 2.18. The molecule has 1 aromatic rings. The monoisotopic (exact) mass is 266 g/mol. The van der Waals surface area contributed by atoms with Gasteiger partial charge in [-0.2, -0.15) is 18.3 Å². The summed E-state index contributed by atoms with van der Waals surface area (Å²) in [6, 6.07) is 0.571. The van der Waals surface area contributed by atoms with E-state index >= 15 is 0 Å². The van der Waals surface area contributed by atoms with Gasteiger partial charge in [0.15, 0.2) is 5.82 Å². The molecular formula is C9H10ClF3N4. The van der Waals surface area contributed by atoms with Crippen molar-refractivity contribution in [2.24, 2.45) is 16.0 Å². The van der Waals surface area contributed by atoms with Crippen LogP contribution in [0.4, 0.5) is 19.0 Å². The molecule has 0 amide bonds. The van der Waals surface area contributed by atoms with Crippen molar-refractivity contribution in [1.29, 1.82) is 0 Å². The topological polar surface area (TPSA) is 63.6 Å². The van der Waals surface area contributed by atoms with E-state index in [1.165, 1.54) is 0 Å². The van der Waals surface area contributed by atoms with Crippen molar-refractivity contribution in [2.45, 2.75) is 19.1 Å². The van der Waals surface area contributed by atoms with E-state index in [0.717, 1.165) is 6.07 Å². The highest BCUT2D eigenvalue weighted by atomic mass is 35.5. The lowest BCUT2D eigenvalue weighted by Gasteiger charge is -2.06. The molecule has 0 aromatic carbocycles. The first-order valence-electron chi connectivity index (χ1n) is 4.66. The van der Waals surface area contributed by atoms with Crippen LogP contribution in [0.1, 0.15) is 12.5 Å². The molecule has 0 radical (unpaired) electrons. The molecule has 0 spiro atoms. The molecule has 0 bridgehead atoms. The molecule has 2 N–H and O–H groups in total. The third-order valence-electron chi connectivity index (χ3n) is 1.68. The quantitative estimate of drug-likeness (QED) is 0.854. The first-order valence-corrected chi connectivity index (χ1v) is 5.04. The van der Waals surface area contributed by atoms with Gasteiger partial charge in [0.05, 0.1) is 17.1 Å². The normalized spacial score (nSPS) is 14.2. The van der Waals surface area contributed by atoms with E-state index in [1.54, 1.807) is 6.92 Å². The minimum absolute atomic E-state index is 0.0553. The van der Waals surface area contributed by atoms with Gasteiger partial charge in [-0.25, -0.2) is 4.98 Å². The van der Waals surface area contributed by atoms with Crippen LogP contribution in [0.3, 0.4) is 0 Å². The zero-order valence-electron chi connectivity index (χ0n) is 8.87. The summed E-state index contributed by atoms with van der Waals surface area (Å²) < 4.78 is 36.9. The first-order chi connectivity index (χ1) is 7.80. The van der Waals surface area contributed by atoms with Crippen molar-refractivity contribution in [3.8, 4) is 0 Å². The van der Waals surface area contributed by atoms with E-state index in [1.807, 2.05) is 0 Å². The summed E-state index contributed by atoms with van der Waals surface area (Å²) in [5.74, 6) is -0.0553. The number of alkyl halides is 3. The molecule has 1 unspecified atom stereocenters. The number of hydrogen-bond donors (Lipinski definition) is 1. The van der Waals surface area contributed by atoms with Crippen molar-refractivity contribution >= 4 is 17.4 Å². The Balaban J connectivity index is 2.87. The number of halogens is 4. The molecular weight excluding hydrogens is 257 g/mol. The number of rotatable bonds is 3. The molecule has 0 saturated heterocycles. The van der Waals surface area contributed by atoms with Gasteiger partial charge in [-0.1, -0.05) is 11.6 Å². The van der Waals surface area contributed by atoms with Crippen molar-refractivity contribution in [3.63, 3.8) is 0 Å². The molecule has 0 saturated carbocycles. The van der Waals surface area contributed by atoms with Gasteiger partial charge in [-0.05, 0) is 13.0 Å². The van der Waals surface area contributed by atoms with Crippen LogP contribution in [0.25, 0.3) is 0 Å². The van der Waals surface area contributed by atoms with Gasteiger partial charge in [-0.15, -0.1) is 5.11 Å². The second-order valence-corrected chi connectivity index (χ2v) is 3.84. The molecule has 1 aromatic heterocycles. The third kappa shape index (κ3) is 4.27. The van der Waals surface area contributed by atoms with Crippen LogP contribution in [0.2, 0.25) is 5.02 Å². The Morgan fingerprint density at radius 3 is 2.65 bits per heavy atom. The molecule has 1 rings (SSSR count). The number of nitrogens with zero attached hydrogens (tertiary/aromatic N) is 3. The zero-order chi connectivity index (χ0) is 13.1. The highest BCUT2D eigenvalue weighted by Gasteiger charge is 2.31. The SMILES string of the molecule is CC(N)CN=Nc1ncc(C(F)(F)F)cc1Cl. The number of aromatic nitrogens is 1. The maximum absolute atomic E-state index is 12.3. The summed E-state index contributed by atoms with van der Waals surface area (Å²) in [6.07, 6.45) is -3.82. The summed E-state index contributed by atoms with van der Waals surface area (Å²) in [4.78, 5) is 3.49. The molecule has 94 valence electrons. The number of nitrogens with two attached hydrogens (primary N) is 1. The van der Waals surface area contributed by atoms with Crippen LogP contribution in [-0.2, 0) is 6.18 Å². The Morgan fingerprint density at radius 2 is 2.18 bits per heavy atom. The van der Waals surface area contributed by atoms with Gasteiger partial charge in [-0.3, -0.25) is 0 Å². The predicted octanol–water partition coefficient (Wildman–Crippen LogP) is 3.18. The van der Waals surface area contributed by atoms with Crippen LogP contribution in [0, 0.1) is 0 Å². The van der Waals surface area contributed by atoms with E-state index in [2.05, 4.69) is 15.2 Å². The minimum atomic E-state index is -4.47. The Morgan fingerprint density at radius 1 is 1.53 bits per heavy atom. The molecule has 1 heterocycles. The Hall–Kier alpha value is -1.21. The average molecular weight is 267 g/mol. The maximum atomic E-state index is 12.3. The molecule has 1 atom stereocenters. The van der Waals surface area contributed by atoms with Crippen molar-refractivity contribution < 1.29 is 13.2 Å². The van der Waals surface area contributed by atoms with Gasteiger partial charge in [0.25, 0.3) is 0 Å². The van der Waals surface area contributed by atoms with Crippen LogP contribution in [0.5, 0.6) is 0 Å². The smallest absolute Gasteiger partial charge is 0.326 e. The van der Waals surface area contributed by atoms with E-state index in [-0.39, 0.29) is 23.4 Å². The highest BCUT2D eigenvalue weighted by Crippen LogP contribution is 2.33. The Kier molecular flexibility index (Phi) is 4.41. The Bertz CT molecular complexity index is 417. The van der Waals surface area contributed by atoms with E-state index in [4.69, 9.17) is 17.3 Å². The van der Waals surface area contributed by atoms with Gasteiger partial charge in [0, 0.05) is 12.2 Å². The van der Waals surface area contributed by atoms with Crippen molar-refractivity contribution in [2.75, 3.05) is 6.54 Å². The summed E-state index contributed by atoms with van der Waals surface area (Å²) in [6.45, 7) is 1.97. The lowest BCUT2D eigenvalue weighted by molar-refractivity contribution is -0.137. The minimum Gasteiger partial charge on any atom is -0.326 e. The fraction of sp³-hybridized carbons (Fsp3) is 0.444. The second-order valence-electron chi connectivity index (χ2n) is 3.43. The summed E-state index contributed by atoms with van der Waals surface area (Å²) in [7, 11) is 0. The van der Waals surface area contributed by atoms with Crippen LogP contribution >= 0.6 is 11.6 Å². The molecule has 8 heteroatoms. The van der Waals surface area contributed by atoms with Crippen LogP contribution in [-0.4, -0.2) is 17.6 Å². The third-order valence-corrected chi connectivity index (χ3v) is 1.96. The lowest BCUT2D eigenvalue weighted by Crippen LogP contribution is -2.17. The van der Waals surface area contributed by atoms with Crippen molar-refractivity contribution in [1.82, 2.24) is 4.98 Å². The number of hydrogen-bond acceptors (Lipinski definition) is 4. The molecule has 0 aliphatic heterocycles. The lowest BCUT2D eigenvalue weighted by atomic mass is 10.3. The Labute approximate surface area is 101 Å². The molecule has 0 aliphatic carbocycles. The largest absolute Gasteiger partial charge is 0.417 e. The fourth-order valence-corrected chi connectivity index (χ4v) is 1.10. The maximum Gasteiger partial charge on any atom is 0.417 e. The number of pyridine rings is 1. The summed E-state index contributed by atoms with van der Waals surface area (Å²) >= 11 is 5.60. The van der Waals surface area contributed by atoms with Crippen LogP contribution < -0.4 is 5.73 Å². The zero-order valence-corrected chi connectivity index (χ0v) is 9.63. The van der Waals surface area contributed by atoms with E-state index in [9.17, 15) is 13.2 Å². The summed E-state index contributed by atoms with van der Waals surface area (Å²) in [5, 5.41) is 7.07. The van der Waals surface area contributed by atoms with E-state index in [0.29, 0.717) is 6.20 Å². The van der Waals surface area contributed by atoms with Crippen LogP contribution in [0.15, 0.2) is 22.5 Å². The number of azo groups is 1. The molecule has 4 nitrogen and oxygen atoms in total. The van der Waals surface area contributed by atoms with E-state index < -0.39 is 11.7 Å². The molecule has 0 fully saturated rings. The van der Waals surface area contributed by atoms with Gasteiger partial charge in [0.2, 0.25) is 0 Å². The predicted molar refractivity (Wildman–Crippen MR) is 57.3 cm³/mol. The summed E-state index contributed by atoms with van der Waals surface area (Å²) in [5.41, 5.74) is 4.50. The molecule has 0 aliphatic rings. The van der Waals surface area contributed by atoms with Gasteiger partial charge >= 0.3 is 6.18 Å². The first kappa shape index (κ1) is 13.9. The standard InChI is InChI=1S/C9H10ClF3N4/c1-5(14)3-16-17-8-7(10)2-6(4-15-8)9(11,12)13/h2,4-5H,3,14H2,1H3. The van der Waals surface area contributed by atoms with Crippen molar-refractivity contribution in [3.05, 3.63) is 22.8 Å². The molecule has 17 heavy (non-hydrogen) atoms. The van der Waals surface area contributed by atoms with Gasteiger partial charge in [0.1, 0.15) is 0 Å². The second kappa shape index (κ2) is 5.42.